The lowest BCUT2D eigenvalue weighted by molar-refractivity contribution is 0.0955. The van der Waals surface area contributed by atoms with Crippen LogP contribution in [0.2, 0.25) is 0 Å². The van der Waals surface area contributed by atoms with Crippen molar-refractivity contribution in [1.82, 2.24) is 5.43 Å². The van der Waals surface area contributed by atoms with Gasteiger partial charge >= 0.3 is 0 Å². The first-order chi connectivity index (χ1) is 17.6. The second-order valence-corrected chi connectivity index (χ2v) is 8.71. The summed E-state index contributed by atoms with van der Waals surface area (Å²) in [6, 6.07) is 30.2. The van der Waals surface area contributed by atoms with Crippen molar-refractivity contribution >= 4 is 28.1 Å². The third-order valence-electron chi connectivity index (χ3n) is 5.25. The van der Waals surface area contributed by atoms with E-state index in [0.717, 1.165) is 21.2 Å². The number of nitrogens with zero attached hydrogens (tertiary/aromatic N) is 1. The molecule has 0 heterocycles. The fourth-order valence-corrected chi connectivity index (χ4v) is 3.63. The summed E-state index contributed by atoms with van der Waals surface area (Å²) in [6.07, 6.45) is 1.56. The minimum Gasteiger partial charge on any atom is -0.493 e. The van der Waals surface area contributed by atoms with Crippen molar-refractivity contribution in [1.29, 1.82) is 0 Å². The Bertz CT molecular complexity index is 1320. The van der Waals surface area contributed by atoms with Crippen molar-refractivity contribution in [3.8, 4) is 17.2 Å². The molecule has 0 aromatic heterocycles. The molecule has 0 aliphatic rings. The Morgan fingerprint density at radius 1 is 0.806 bits per heavy atom. The van der Waals surface area contributed by atoms with Crippen molar-refractivity contribution in [2.75, 3.05) is 7.11 Å². The van der Waals surface area contributed by atoms with Gasteiger partial charge in [0.1, 0.15) is 19.0 Å². The summed E-state index contributed by atoms with van der Waals surface area (Å²) in [5, 5.41) is 4.09. The largest absolute Gasteiger partial charge is 0.493 e. The van der Waals surface area contributed by atoms with E-state index in [1.165, 1.54) is 0 Å². The lowest BCUT2D eigenvalue weighted by Gasteiger charge is -2.13. The molecule has 0 saturated heterocycles. The highest BCUT2D eigenvalue weighted by Gasteiger charge is 2.09. The van der Waals surface area contributed by atoms with Crippen molar-refractivity contribution in [2.24, 2.45) is 5.10 Å². The van der Waals surface area contributed by atoms with Crippen LogP contribution in [0.15, 0.2) is 107 Å². The average molecular weight is 545 g/mol. The maximum absolute atomic E-state index is 12.3. The molecule has 0 spiro atoms. The maximum Gasteiger partial charge on any atom is 0.271 e. The van der Waals surface area contributed by atoms with Crippen molar-refractivity contribution in [2.45, 2.75) is 13.2 Å². The van der Waals surface area contributed by atoms with Gasteiger partial charge in [0, 0.05) is 15.6 Å². The zero-order valence-electron chi connectivity index (χ0n) is 19.7. The zero-order valence-corrected chi connectivity index (χ0v) is 21.3. The standard InChI is InChI=1S/C29H25BrN2O4/c1-34-28-17-22(11-16-27(28)36-19-21-7-3-2-4-8-21)20-35-26-10-6-5-9-24(26)18-31-32-29(33)23-12-14-25(30)15-13-23/h2-18H,19-20H2,1H3,(H,32,33)/b31-18+. The SMILES string of the molecule is COc1cc(COc2ccccc2/C=N/NC(=O)c2ccc(Br)cc2)ccc1OCc1ccccc1. The number of carbonyl (C=O) groups is 1. The van der Waals surface area contributed by atoms with Crippen LogP contribution in [0.5, 0.6) is 17.2 Å². The number of halogens is 1. The Kier molecular flexibility index (Phi) is 8.72. The highest BCUT2D eigenvalue weighted by Crippen LogP contribution is 2.29. The fraction of sp³-hybridized carbons (Fsp3) is 0.103. The van der Waals surface area contributed by atoms with Crippen LogP contribution in [0.1, 0.15) is 27.0 Å². The third-order valence-corrected chi connectivity index (χ3v) is 5.78. The molecule has 4 aromatic carbocycles. The molecule has 4 aromatic rings. The van der Waals surface area contributed by atoms with Crippen LogP contribution in [-0.4, -0.2) is 19.2 Å². The molecule has 1 N–H and O–H groups in total. The predicted octanol–water partition coefficient (Wildman–Crippen LogP) is 6.38. The minimum atomic E-state index is -0.293. The predicted molar refractivity (Wildman–Crippen MR) is 144 cm³/mol. The van der Waals surface area contributed by atoms with Crippen molar-refractivity contribution < 1.29 is 19.0 Å². The molecule has 7 heteroatoms. The van der Waals surface area contributed by atoms with Crippen LogP contribution in [0.25, 0.3) is 0 Å². The Morgan fingerprint density at radius 3 is 2.28 bits per heavy atom. The van der Waals surface area contributed by atoms with Crippen LogP contribution < -0.4 is 19.6 Å². The molecular formula is C29H25BrN2O4. The highest BCUT2D eigenvalue weighted by atomic mass is 79.9. The number of carbonyl (C=O) groups excluding carboxylic acids is 1. The summed E-state index contributed by atoms with van der Waals surface area (Å²) < 4.78 is 18.4. The highest BCUT2D eigenvalue weighted by molar-refractivity contribution is 9.10. The van der Waals surface area contributed by atoms with Crippen LogP contribution in [-0.2, 0) is 13.2 Å². The number of benzene rings is 4. The van der Waals surface area contributed by atoms with E-state index in [4.69, 9.17) is 14.2 Å². The van der Waals surface area contributed by atoms with Crippen molar-refractivity contribution in [3.05, 3.63) is 124 Å². The van der Waals surface area contributed by atoms with E-state index in [0.29, 0.717) is 36.0 Å². The Balaban J connectivity index is 1.37. The summed E-state index contributed by atoms with van der Waals surface area (Å²) >= 11 is 3.36. The van der Waals surface area contributed by atoms with E-state index in [9.17, 15) is 4.79 Å². The maximum atomic E-state index is 12.3. The van der Waals surface area contributed by atoms with E-state index in [-0.39, 0.29) is 5.91 Å². The number of rotatable bonds is 10. The summed E-state index contributed by atoms with van der Waals surface area (Å²) in [7, 11) is 1.61. The number of hydrogen-bond acceptors (Lipinski definition) is 5. The van der Waals surface area contributed by atoms with E-state index in [2.05, 4.69) is 26.5 Å². The second-order valence-electron chi connectivity index (χ2n) is 7.79. The summed E-state index contributed by atoms with van der Waals surface area (Å²) in [5.74, 6) is 1.65. The molecule has 0 atom stereocenters. The Labute approximate surface area is 218 Å². The molecule has 182 valence electrons. The number of nitrogens with one attached hydrogen (secondary N) is 1. The molecule has 0 saturated carbocycles. The van der Waals surface area contributed by atoms with Gasteiger partial charge in [0.25, 0.3) is 5.91 Å². The van der Waals surface area contributed by atoms with Gasteiger partial charge in [-0.25, -0.2) is 5.43 Å². The topological polar surface area (TPSA) is 69.2 Å². The monoisotopic (exact) mass is 544 g/mol. The molecular weight excluding hydrogens is 520 g/mol. The lowest BCUT2D eigenvalue weighted by Crippen LogP contribution is -2.17. The first kappa shape index (κ1) is 25.0. The van der Waals surface area contributed by atoms with Crippen molar-refractivity contribution in [3.63, 3.8) is 0 Å². The molecule has 6 nitrogen and oxygen atoms in total. The van der Waals surface area contributed by atoms with Crippen LogP contribution in [0.4, 0.5) is 0 Å². The zero-order chi connectivity index (χ0) is 25.2. The molecule has 0 fully saturated rings. The first-order valence-corrected chi connectivity index (χ1v) is 12.1. The van der Waals surface area contributed by atoms with Gasteiger partial charge in [0.2, 0.25) is 0 Å². The molecule has 1 amide bonds. The van der Waals surface area contributed by atoms with Gasteiger partial charge in [0.15, 0.2) is 11.5 Å². The quantitative estimate of drug-likeness (QED) is 0.186. The summed E-state index contributed by atoms with van der Waals surface area (Å²) in [5.41, 5.74) is 5.81. The molecule has 0 aliphatic carbocycles. The normalized spacial score (nSPS) is 10.7. The molecule has 36 heavy (non-hydrogen) atoms. The number of para-hydroxylation sites is 1. The Morgan fingerprint density at radius 2 is 1.50 bits per heavy atom. The van der Waals surface area contributed by atoms with Crippen LogP contribution in [0, 0.1) is 0 Å². The van der Waals surface area contributed by atoms with Gasteiger partial charge in [-0.15, -0.1) is 0 Å². The fourth-order valence-electron chi connectivity index (χ4n) is 3.36. The van der Waals surface area contributed by atoms with Gasteiger partial charge in [-0.2, -0.15) is 5.10 Å². The van der Waals surface area contributed by atoms with Gasteiger partial charge in [0.05, 0.1) is 13.3 Å². The third kappa shape index (κ3) is 6.96. The minimum absolute atomic E-state index is 0.293. The number of methoxy groups -OCH3 is 1. The molecule has 4 rings (SSSR count). The van der Waals surface area contributed by atoms with Gasteiger partial charge in [-0.1, -0.05) is 64.5 Å². The number of amides is 1. The molecule has 0 bridgehead atoms. The van der Waals surface area contributed by atoms with E-state index in [1.54, 1.807) is 37.6 Å². The van der Waals surface area contributed by atoms with E-state index in [1.807, 2.05) is 72.8 Å². The number of ether oxygens (including phenoxy) is 3. The second kappa shape index (κ2) is 12.6. The van der Waals surface area contributed by atoms with Crippen LogP contribution in [0.3, 0.4) is 0 Å². The van der Waals surface area contributed by atoms with E-state index >= 15 is 0 Å². The van der Waals surface area contributed by atoms with Gasteiger partial charge in [-0.05, 0) is 59.7 Å². The summed E-state index contributed by atoms with van der Waals surface area (Å²) in [6.45, 7) is 0.781. The lowest BCUT2D eigenvalue weighted by atomic mass is 10.2. The first-order valence-electron chi connectivity index (χ1n) is 11.3. The Hall–Kier alpha value is -4.10. The van der Waals surface area contributed by atoms with E-state index < -0.39 is 0 Å². The molecule has 0 unspecified atom stereocenters. The average Bonchev–Trinajstić information content (AvgIpc) is 2.92. The van der Waals surface area contributed by atoms with Gasteiger partial charge < -0.3 is 14.2 Å². The molecule has 0 radical (unpaired) electrons. The van der Waals surface area contributed by atoms with Gasteiger partial charge in [-0.3, -0.25) is 4.79 Å². The summed E-state index contributed by atoms with van der Waals surface area (Å²) in [4.78, 5) is 12.3. The number of hydrazone groups is 1. The smallest absolute Gasteiger partial charge is 0.271 e. The van der Waals surface area contributed by atoms with Crippen LogP contribution >= 0.6 is 15.9 Å². The number of hydrogen-bond donors (Lipinski definition) is 1. The molecule has 0 aliphatic heterocycles.